The molecule has 1 fully saturated rings. The van der Waals surface area contributed by atoms with E-state index >= 15 is 0 Å². The summed E-state index contributed by atoms with van der Waals surface area (Å²) >= 11 is 0. The first kappa shape index (κ1) is 21.1. The molecule has 1 saturated heterocycles. The van der Waals surface area contributed by atoms with Crippen molar-refractivity contribution in [3.05, 3.63) is 42.1 Å². The van der Waals surface area contributed by atoms with Crippen molar-refractivity contribution in [3.8, 4) is 0 Å². The number of hydrogen-bond acceptors (Lipinski definition) is 5. The van der Waals surface area contributed by atoms with Crippen LogP contribution in [0.15, 0.2) is 36.5 Å². The van der Waals surface area contributed by atoms with Gasteiger partial charge in [0.2, 0.25) is 11.8 Å². The van der Waals surface area contributed by atoms with E-state index < -0.39 is 23.9 Å². The molecule has 1 aromatic carbocycles. The van der Waals surface area contributed by atoms with Gasteiger partial charge < -0.3 is 25.4 Å². The van der Waals surface area contributed by atoms with Gasteiger partial charge in [-0.3, -0.25) is 19.3 Å². The second-order valence-electron chi connectivity index (χ2n) is 6.95. The molecule has 4 N–H and O–H groups in total. The van der Waals surface area contributed by atoms with Gasteiger partial charge in [0.15, 0.2) is 0 Å². The van der Waals surface area contributed by atoms with Crippen molar-refractivity contribution in [2.24, 2.45) is 0 Å². The predicted octanol–water partition coefficient (Wildman–Crippen LogP) is 1.04. The van der Waals surface area contributed by atoms with Crippen molar-refractivity contribution >= 4 is 40.3 Å². The molecule has 0 spiro atoms. The van der Waals surface area contributed by atoms with Crippen LogP contribution in [0.3, 0.4) is 0 Å². The number of hydrogen-bond donors (Lipinski definition) is 4. The molecule has 1 unspecified atom stereocenters. The first-order chi connectivity index (χ1) is 14.3. The Hall–Kier alpha value is -3.66. The van der Waals surface area contributed by atoms with Crippen molar-refractivity contribution in [1.29, 1.82) is 0 Å². The van der Waals surface area contributed by atoms with E-state index in [1.165, 1.54) is 6.92 Å². The molecule has 1 atom stereocenters. The summed E-state index contributed by atoms with van der Waals surface area (Å²) in [5, 5.41) is 21.7. The first-order valence-electron chi connectivity index (χ1n) is 9.31. The second-order valence-corrected chi connectivity index (χ2v) is 6.95. The summed E-state index contributed by atoms with van der Waals surface area (Å²) in [6, 6.07) is 4.11. The van der Waals surface area contributed by atoms with Gasteiger partial charge in [0, 0.05) is 73.6 Å². The zero-order valence-corrected chi connectivity index (χ0v) is 16.3. The van der Waals surface area contributed by atoms with Crippen LogP contribution in [0.5, 0.6) is 0 Å². The molecular formula is C20H22N4O6. The van der Waals surface area contributed by atoms with Crippen molar-refractivity contribution in [1.82, 2.24) is 14.8 Å². The SMILES string of the molecule is CC(=O)N1CCN(C(C(=O)O)c2c[nH]c3cc(NC(=O)C=CC(=O)O)ccc23)CC1. The molecule has 2 amide bonds. The van der Waals surface area contributed by atoms with Gasteiger partial charge in [0.25, 0.3) is 0 Å². The maximum absolute atomic E-state index is 12.0. The van der Waals surface area contributed by atoms with Gasteiger partial charge in [0.05, 0.1) is 0 Å². The molecule has 1 aliphatic heterocycles. The number of aromatic nitrogens is 1. The van der Waals surface area contributed by atoms with E-state index in [0.29, 0.717) is 48.3 Å². The maximum atomic E-state index is 12.0. The van der Waals surface area contributed by atoms with Crippen molar-refractivity contribution in [2.75, 3.05) is 31.5 Å². The minimum atomic E-state index is -1.22. The van der Waals surface area contributed by atoms with Gasteiger partial charge in [-0.15, -0.1) is 0 Å². The standard InChI is InChI=1S/C20H22N4O6/c1-12(25)23-6-8-24(9-7-23)19(20(29)30)15-11-21-16-10-13(2-3-14(15)16)22-17(26)4-5-18(27)28/h2-5,10-11,19,21H,6-9H2,1H3,(H,22,26)(H,27,28)(H,29,30). The Kier molecular flexibility index (Phi) is 6.17. The van der Waals surface area contributed by atoms with Crippen LogP contribution < -0.4 is 5.32 Å². The molecule has 1 aromatic heterocycles. The Bertz CT molecular complexity index is 1020. The molecule has 0 radical (unpaired) electrons. The number of carbonyl (C=O) groups is 4. The Labute approximate surface area is 171 Å². The predicted molar refractivity (Wildman–Crippen MR) is 108 cm³/mol. The van der Waals surface area contributed by atoms with Crippen LogP contribution in [0.25, 0.3) is 10.9 Å². The Balaban J connectivity index is 1.81. The van der Waals surface area contributed by atoms with E-state index in [1.54, 1.807) is 29.3 Å². The summed E-state index contributed by atoms with van der Waals surface area (Å²) in [5.74, 6) is -2.82. The number of carboxylic acids is 2. The number of piperazine rings is 1. The number of carbonyl (C=O) groups excluding carboxylic acids is 2. The number of H-pyrrole nitrogens is 1. The normalized spacial score (nSPS) is 16.0. The van der Waals surface area contributed by atoms with Crippen LogP contribution in [-0.4, -0.2) is 74.9 Å². The molecule has 30 heavy (non-hydrogen) atoms. The molecule has 158 valence electrons. The molecular weight excluding hydrogens is 392 g/mol. The van der Waals surface area contributed by atoms with E-state index in [9.17, 15) is 24.3 Å². The zero-order valence-electron chi connectivity index (χ0n) is 16.3. The third-order valence-corrected chi connectivity index (χ3v) is 5.01. The molecule has 3 rings (SSSR count). The van der Waals surface area contributed by atoms with Gasteiger partial charge in [-0.1, -0.05) is 6.07 Å². The summed E-state index contributed by atoms with van der Waals surface area (Å²) in [5.41, 5.74) is 1.67. The van der Waals surface area contributed by atoms with Crippen LogP contribution >= 0.6 is 0 Å². The van der Waals surface area contributed by atoms with Crippen LogP contribution in [0.4, 0.5) is 5.69 Å². The summed E-state index contributed by atoms with van der Waals surface area (Å²) in [6.45, 7) is 3.35. The first-order valence-corrected chi connectivity index (χ1v) is 9.31. The number of fused-ring (bicyclic) bond motifs is 1. The fourth-order valence-electron chi connectivity index (χ4n) is 3.56. The highest BCUT2D eigenvalue weighted by atomic mass is 16.4. The average molecular weight is 414 g/mol. The summed E-state index contributed by atoms with van der Waals surface area (Å²) in [4.78, 5) is 52.4. The number of benzene rings is 1. The second kappa shape index (κ2) is 8.78. The highest BCUT2D eigenvalue weighted by Gasteiger charge is 2.32. The Morgan fingerprint density at radius 3 is 2.40 bits per heavy atom. The third kappa shape index (κ3) is 4.66. The number of rotatable bonds is 6. The summed E-state index contributed by atoms with van der Waals surface area (Å²) in [6.07, 6.45) is 3.29. The lowest BCUT2D eigenvalue weighted by molar-refractivity contribution is -0.145. The van der Waals surface area contributed by atoms with Gasteiger partial charge >= 0.3 is 11.9 Å². The van der Waals surface area contributed by atoms with E-state index in [4.69, 9.17) is 5.11 Å². The lowest BCUT2D eigenvalue weighted by Crippen LogP contribution is -2.50. The van der Waals surface area contributed by atoms with Gasteiger partial charge in [-0.25, -0.2) is 4.79 Å². The lowest BCUT2D eigenvalue weighted by Gasteiger charge is -2.37. The Morgan fingerprint density at radius 2 is 1.80 bits per heavy atom. The number of nitrogens with zero attached hydrogens (tertiary/aromatic N) is 2. The highest BCUT2D eigenvalue weighted by Crippen LogP contribution is 2.31. The number of aromatic amines is 1. The minimum Gasteiger partial charge on any atom is -0.480 e. The largest absolute Gasteiger partial charge is 0.480 e. The maximum Gasteiger partial charge on any atom is 0.328 e. The van der Waals surface area contributed by atoms with E-state index in [2.05, 4.69) is 10.3 Å². The molecule has 0 bridgehead atoms. The molecule has 10 heteroatoms. The van der Waals surface area contributed by atoms with Crippen molar-refractivity contribution < 1.29 is 29.4 Å². The van der Waals surface area contributed by atoms with Gasteiger partial charge in [-0.05, 0) is 12.1 Å². The fourth-order valence-corrected chi connectivity index (χ4v) is 3.56. The molecule has 0 saturated carbocycles. The molecule has 0 aliphatic carbocycles. The molecule has 2 aromatic rings. The van der Waals surface area contributed by atoms with Gasteiger partial charge in [-0.2, -0.15) is 0 Å². The monoisotopic (exact) mass is 414 g/mol. The van der Waals surface area contributed by atoms with E-state index in [0.717, 1.165) is 12.2 Å². The van der Waals surface area contributed by atoms with Crippen LogP contribution in [0, 0.1) is 0 Å². The molecule has 10 nitrogen and oxygen atoms in total. The number of anilines is 1. The lowest BCUT2D eigenvalue weighted by atomic mass is 10.0. The zero-order chi connectivity index (χ0) is 21.8. The highest BCUT2D eigenvalue weighted by molar-refractivity contribution is 6.03. The van der Waals surface area contributed by atoms with E-state index in [-0.39, 0.29) is 5.91 Å². The van der Waals surface area contributed by atoms with Crippen LogP contribution in [0.2, 0.25) is 0 Å². The number of nitrogens with one attached hydrogen (secondary N) is 2. The minimum absolute atomic E-state index is 0.0265. The third-order valence-electron chi connectivity index (χ3n) is 5.01. The topological polar surface area (TPSA) is 143 Å². The number of carboxylic acid groups (broad SMARTS) is 2. The molecule has 2 heterocycles. The van der Waals surface area contributed by atoms with E-state index in [1.807, 2.05) is 4.90 Å². The smallest absolute Gasteiger partial charge is 0.328 e. The fraction of sp³-hybridized carbons (Fsp3) is 0.300. The summed E-state index contributed by atoms with van der Waals surface area (Å²) in [7, 11) is 0. The number of amides is 2. The Morgan fingerprint density at radius 1 is 1.10 bits per heavy atom. The average Bonchev–Trinajstić information content (AvgIpc) is 3.09. The summed E-state index contributed by atoms with van der Waals surface area (Å²) < 4.78 is 0. The van der Waals surface area contributed by atoms with Crippen molar-refractivity contribution in [3.63, 3.8) is 0 Å². The van der Waals surface area contributed by atoms with Crippen LogP contribution in [0.1, 0.15) is 18.5 Å². The molecule has 1 aliphatic rings. The quantitative estimate of drug-likeness (QED) is 0.517. The van der Waals surface area contributed by atoms with Crippen LogP contribution in [-0.2, 0) is 19.2 Å². The number of aliphatic carboxylic acids is 2. The van der Waals surface area contributed by atoms with Crippen molar-refractivity contribution in [2.45, 2.75) is 13.0 Å². The van der Waals surface area contributed by atoms with Gasteiger partial charge in [0.1, 0.15) is 6.04 Å².